The first-order chi connectivity index (χ1) is 15.1. The highest BCUT2D eigenvalue weighted by Gasteiger charge is 2.46. The fourth-order valence-electron chi connectivity index (χ4n) is 4.49. The molecule has 0 radical (unpaired) electrons. The van der Waals surface area contributed by atoms with Crippen LogP contribution in [0.4, 0.5) is 0 Å². The van der Waals surface area contributed by atoms with Gasteiger partial charge in [0, 0.05) is 6.42 Å². The zero-order chi connectivity index (χ0) is 21.8. The maximum absolute atomic E-state index is 12.8. The smallest absolute Gasteiger partial charge is 0.322 e. The molecule has 5 nitrogen and oxygen atoms in total. The summed E-state index contributed by atoms with van der Waals surface area (Å²) in [6, 6.07) is 25.8. The molecular formula is C26H25NO4. The van der Waals surface area contributed by atoms with E-state index in [-0.39, 0.29) is 18.8 Å². The Morgan fingerprint density at radius 3 is 1.90 bits per heavy atom. The van der Waals surface area contributed by atoms with E-state index in [2.05, 4.69) is 41.7 Å². The van der Waals surface area contributed by atoms with E-state index in [9.17, 15) is 9.59 Å². The second kappa shape index (κ2) is 8.74. The molecule has 0 amide bonds. The van der Waals surface area contributed by atoms with Gasteiger partial charge in [-0.2, -0.15) is 0 Å². The number of nitrogens with one attached hydrogen (secondary N) is 1. The summed E-state index contributed by atoms with van der Waals surface area (Å²) in [6.45, 7) is 0. The Balaban J connectivity index is 1.90. The van der Waals surface area contributed by atoms with Gasteiger partial charge >= 0.3 is 11.9 Å². The monoisotopic (exact) mass is 415 g/mol. The Morgan fingerprint density at radius 1 is 0.806 bits per heavy atom. The molecule has 0 aromatic heterocycles. The molecule has 1 atom stereocenters. The van der Waals surface area contributed by atoms with Gasteiger partial charge in [-0.15, -0.1) is 0 Å². The highest BCUT2D eigenvalue weighted by molar-refractivity contribution is 5.84. The summed E-state index contributed by atoms with van der Waals surface area (Å²) in [5.74, 6) is -0.780. The standard InChI is InChI=1S/C26H25NO4/c1-30-24(28)17-16-23(25(29)31-2)27-26(18-10-4-3-5-11-18)21-14-8-6-12-19(21)20-13-7-9-15-22(20)26/h3-15,23,27H,16-17H2,1-2H3/t23-/m0/s1. The number of methoxy groups -OCH3 is 2. The molecule has 31 heavy (non-hydrogen) atoms. The van der Waals surface area contributed by atoms with Crippen molar-refractivity contribution < 1.29 is 19.1 Å². The number of fused-ring (bicyclic) bond motifs is 3. The van der Waals surface area contributed by atoms with Crippen LogP contribution in [0, 0.1) is 0 Å². The molecule has 3 aromatic rings. The van der Waals surface area contributed by atoms with Crippen molar-refractivity contribution in [3.63, 3.8) is 0 Å². The van der Waals surface area contributed by atoms with E-state index in [0.29, 0.717) is 0 Å². The quantitative estimate of drug-likeness (QED) is 0.590. The second-order valence-corrected chi connectivity index (χ2v) is 7.54. The van der Waals surface area contributed by atoms with E-state index < -0.39 is 17.6 Å². The van der Waals surface area contributed by atoms with Gasteiger partial charge in [-0.3, -0.25) is 14.9 Å². The molecular weight excluding hydrogens is 390 g/mol. The second-order valence-electron chi connectivity index (χ2n) is 7.54. The molecule has 1 aliphatic rings. The van der Waals surface area contributed by atoms with E-state index in [4.69, 9.17) is 9.47 Å². The predicted molar refractivity (Wildman–Crippen MR) is 118 cm³/mol. The lowest BCUT2D eigenvalue weighted by molar-refractivity contribution is -0.145. The zero-order valence-corrected chi connectivity index (χ0v) is 17.6. The first kappa shape index (κ1) is 20.8. The predicted octanol–water partition coefficient (Wildman–Crippen LogP) is 4.04. The van der Waals surface area contributed by atoms with Gasteiger partial charge in [-0.1, -0.05) is 78.9 Å². The molecule has 0 aliphatic heterocycles. The maximum Gasteiger partial charge on any atom is 0.322 e. The molecule has 0 fully saturated rings. The molecule has 158 valence electrons. The van der Waals surface area contributed by atoms with Crippen LogP contribution in [-0.2, 0) is 24.6 Å². The van der Waals surface area contributed by atoms with Crippen molar-refractivity contribution in [1.29, 1.82) is 0 Å². The summed E-state index contributed by atoms with van der Waals surface area (Å²) >= 11 is 0. The summed E-state index contributed by atoms with van der Waals surface area (Å²) in [5.41, 5.74) is 4.61. The maximum atomic E-state index is 12.8. The summed E-state index contributed by atoms with van der Waals surface area (Å²) in [5, 5.41) is 3.61. The number of ether oxygens (including phenoxy) is 2. The van der Waals surface area contributed by atoms with Gasteiger partial charge in [0.25, 0.3) is 0 Å². The third-order valence-corrected chi connectivity index (χ3v) is 5.90. The van der Waals surface area contributed by atoms with Gasteiger partial charge in [0.1, 0.15) is 6.04 Å². The number of hydrogen-bond donors (Lipinski definition) is 1. The van der Waals surface area contributed by atoms with Gasteiger partial charge in [0.2, 0.25) is 0 Å². The highest BCUT2D eigenvalue weighted by atomic mass is 16.5. The minimum atomic E-state index is -0.760. The Hall–Kier alpha value is -3.44. The molecule has 0 unspecified atom stereocenters. The molecule has 0 saturated carbocycles. The third-order valence-electron chi connectivity index (χ3n) is 5.90. The van der Waals surface area contributed by atoms with Crippen molar-refractivity contribution in [2.75, 3.05) is 14.2 Å². The summed E-state index contributed by atoms with van der Waals surface area (Å²) in [4.78, 5) is 24.6. The number of carbonyl (C=O) groups excluding carboxylic acids is 2. The van der Waals surface area contributed by atoms with Crippen LogP contribution < -0.4 is 5.32 Å². The van der Waals surface area contributed by atoms with Crippen LogP contribution in [0.3, 0.4) is 0 Å². The van der Waals surface area contributed by atoms with Gasteiger partial charge in [0.05, 0.1) is 19.8 Å². The zero-order valence-electron chi connectivity index (χ0n) is 17.6. The Bertz CT molecular complexity index is 1050. The normalized spacial score (nSPS) is 14.3. The average molecular weight is 415 g/mol. The number of hydrogen-bond acceptors (Lipinski definition) is 5. The van der Waals surface area contributed by atoms with Gasteiger partial charge in [-0.05, 0) is 34.2 Å². The fraction of sp³-hybridized carbons (Fsp3) is 0.231. The Morgan fingerprint density at radius 2 is 1.35 bits per heavy atom. The SMILES string of the molecule is COC(=O)CC[C@H](NC1(c2ccccc2)c2ccccc2-c2ccccc21)C(=O)OC. The average Bonchev–Trinajstić information content (AvgIpc) is 3.12. The largest absolute Gasteiger partial charge is 0.469 e. The molecule has 1 N–H and O–H groups in total. The minimum absolute atomic E-state index is 0.109. The number of rotatable bonds is 7. The summed E-state index contributed by atoms with van der Waals surface area (Å²) in [7, 11) is 2.71. The highest BCUT2D eigenvalue weighted by Crippen LogP contribution is 2.51. The number of benzene rings is 3. The van der Waals surface area contributed by atoms with Crippen LogP contribution in [-0.4, -0.2) is 32.2 Å². The topological polar surface area (TPSA) is 64.6 Å². The van der Waals surface area contributed by atoms with Crippen LogP contribution in [0.5, 0.6) is 0 Å². The van der Waals surface area contributed by atoms with Crippen molar-refractivity contribution in [2.45, 2.75) is 24.4 Å². The van der Waals surface area contributed by atoms with Crippen LogP contribution in [0.15, 0.2) is 78.9 Å². The van der Waals surface area contributed by atoms with Crippen molar-refractivity contribution >= 4 is 11.9 Å². The molecule has 5 heteroatoms. The van der Waals surface area contributed by atoms with Crippen molar-refractivity contribution in [1.82, 2.24) is 5.32 Å². The summed E-state index contributed by atoms with van der Waals surface area (Å²) in [6.07, 6.45) is 0.371. The number of carbonyl (C=O) groups is 2. The van der Waals surface area contributed by atoms with E-state index in [1.54, 1.807) is 0 Å². The van der Waals surface area contributed by atoms with Gasteiger partial charge < -0.3 is 9.47 Å². The first-order valence-corrected chi connectivity index (χ1v) is 10.3. The minimum Gasteiger partial charge on any atom is -0.469 e. The van der Waals surface area contributed by atoms with Crippen LogP contribution in [0.25, 0.3) is 11.1 Å². The lowest BCUT2D eigenvalue weighted by Gasteiger charge is -2.37. The molecule has 0 bridgehead atoms. The van der Waals surface area contributed by atoms with E-state index in [1.807, 2.05) is 42.5 Å². The molecule has 0 spiro atoms. The van der Waals surface area contributed by atoms with Crippen LogP contribution in [0.1, 0.15) is 29.5 Å². The molecule has 3 aromatic carbocycles. The van der Waals surface area contributed by atoms with Gasteiger partial charge in [-0.25, -0.2) is 0 Å². The number of esters is 2. The fourth-order valence-corrected chi connectivity index (χ4v) is 4.49. The van der Waals surface area contributed by atoms with Crippen molar-refractivity contribution in [3.8, 4) is 11.1 Å². The molecule has 4 rings (SSSR count). The van der Waals surface area contributed by atoms with Crippen LogP contribution >= 0.6 is 0 Å². The Kier molecular flexibility index (Phi) is 5.87. The molecule has 0 heterocycles. The first-order valence-electron chi connectivity index (χ1n) is 10.3. The third kappa shape index (κ3) is 3.62. The van der Waals surface area contributed by atoms with Crippen molar-refractivity contribution in [3.05, 3.63) is 95.6 Å². The van der Waals surface area contributed by atoms with Crippen molar-refractivity contribution in [2.24, 2.45) is 0 Å². The van der Waals surface area contributed by atoms with E-state index in [0.717, 1.165) is 27.8 Å². The van der Waals surface area contributed by atoms with Crippen LogP contribution in [0.2, 0.25) is 0 Å². The lowest BCUT2D eigenvalue weighted by Crippen LogP contribution is -2.52. The molecule has 1 aliphatic carbocycles. The summed E-state index contributed by atoms with van der Waals surface area (Å²) < 4.78 is 9.88. The molecule has 0 saturated heterocycles. The van der Waals surface area contributed by atoms with Gasteiger partial charge in [0.15, 0.2) is 0 Å². The Labute approximate surface area is 182 Å². The van der Waals surface area contributed by atoms with E-state index >= 15 is 0 Å². The lowest BCUT2D eigenvalue weighted by atomic mass is 9.79. The van der Waals surface area contributed by atoms with E-state index in [1.165, 1.54) is 14.2 Å².